The second-order valence-electron chi connectivity index (χ2n) is 7.55. The Labute approximate surface area is 161 Å². The van der Waals surface area contributed by atoms with Gasteiger partial charge in [0.25, 0.3) is 0 Å². The molecule has 1 saturated heterocycles. The topological polar surface area (TPSA) is 98.9 Å². The molecule has 2 bridgehead atoms. The van der Waals surface area contributed by atoms with E-state index >= 15 is 0 Å². The van der Waals surface area contributed by atoms with Crippen molar-refractivity contribution in [1.82, 2.24) is 0 Å². The molecule has 1 heterocycles. The number of hydrogen-bond donors (Lipinski definition) is 2. The number of carbonyl (C=O) groups excluding carboxylic acids is 2. The molecule has 27 heavy (non-hydrogen) atoms. The van der Waals surface area contributed by atoms with E-state index in [1.165, 1.54) is 0 Å². The minimum Gasteiger partial charge on any atom is -0.430 e. The molecule has 0 unspecified atom stereocenters. The van der Waals surface area contributed by atoms with Crippen LogP contribution in [0.15, 0.2) is 24.3 Å². The number of ether oxygens (including phenoxy) is 2. The summed E-state index contributed by atoms with van der Waals surface area (Å²) in [6, 6.07) is 0. The number of fused-ring (bicyclic) bond motifs is 2. The van der Waals surface area contributed by atoms with Gasteiger partial charge in [-0.1, -0.05) is 50.5 Å². The summed E-state index contributed by atoms with van der Waals surface area (Å²) in [6.45, 7) is 2.14. The number of allylic oxidation sites excluding steroid dienone is 2. The Morgan fingerprint density at radius 1 is 1.26 bits per heavy atom. The zero-order valence-electron chi connectivity index (χ0n) is 16.2. The van der Waals surface area contributed by atoms with E-state index in [1.54, 1.807) is 0 Å². The molecule has 0 aromatic heterocycles. The van der Waals surface area contributed by atoms with Gasteiger partial charge in [0, 0.05) is 24.7 Å². The highest BCUT2D eigenvalue weighted by Gasteiger charge is 2.49. The summed E-state index contributed by atoms with van der Waals surface area (Å²) in [6.07, 6.45) is 14.0. The van der Waals surface area contributed by atoms with Crippen LogP contribution in [0.1, 0.15) is 64.7 Å². The van der Waals surface area contributed by atoms with E-state index in [-0.39, 0.29) is 30.0 Å². The molecule has 1 saturated carbocycles. The van der Waals surface area contributed by atoms with Gasteiger partial charge in [-0.05, 0) is 25.7 Å². The van der Waals surface area contributed by atoms with Gasteiger partial charge in [0.1, 0.15) is 12.2 Å². The summed E-state index contributed by atoms with van der Waals surface area (Å²) in [7, 11) is 0. The predicted molar refractivity (Wildman–Crippen MR) is 103 cm³/mol. The lowest BCUT2D eigenvalue weighted by Crippen LogP contribution is -2.28. The molecule has 5 atom stereocenters. The predicted octanol–water partition coefficient (Wildman–Crippen LogP) is 3.63. The van der Waals surface area contributed by atoms with Gasteiger partial charge in [-0.15, -0.1) is 0 Å². The average Bonchev–Trinajstić information content (AvgIpc) is 2.86. The number of primary amides is 1. The smallest absolute Gasteiger partial charge is 0.430 e. The first-order chi connectivity index (χ1) is 13.0. The van der Waals surface area contributed by atoms with Gasteiger partial charge >= 0.3 is 6.16 Å². The first kappa shape index (κ1) is 21.5. The van der Waals surface area contributed by atoms with E-state index in [2.05, 4.69) is 13.0 Å². The van der Waals surface area contributed by atoms with E-state index in [4.69, 9.17) is 15.2 Å². The Morgan fingerprint density at radius 3 is 2.78 bits per heavy atom. The summed E-state index contributed by atoms with van der Waals surface area (Å²) in [5.74, 6) is -0.0785. The van der Waals surface area contributed by atoms with E-state index in [1.807, 2.05) is 18.2 Å². The van der Waals surface area contributed by atoms with Crippen LogP contribution in [0.4, 0.5) is 4.79 Å². The van der Waals surface area contributed by atoms with Crippen LogP contribution in [0.25, 0.3) is 0 Å². The van der Waals surface area contributed by atoms with Crippen LogP contribution in [0.3, 0.4) is 0 Å². The zero-order chi connectivity index (χ0) is 19.6. The molecular weight excluding hydrogens is 346 g/mol. The highest BCUT2D eigenvalue weighted by molar-refractivity contribution is 5.73. The molecule has 1 aliphatic carbocycles. The van der Waals surface area contributed by atoms with Gasteiger partial charge in [0.15, 0.2) is 0 Å². The van der Waals surface area contributed by atoms with Crippen molar-refractivity contribution < 1.29 is 24.2 Å². The zero-order valence-corrected chi connectivity index (χ0v) is 16.2. The monoisotopic (exact) mass is 379 g/mol. The Kier molecular flexibility index (Phi) is 8.85. The summed E-state index contributed by atoms with van der Waals surface area (Å²) >= 11 is 0. The van der Waals surface area contributed by atoms with Crippen LogP contribution in [-0.2, 0) is 14.3 Å². The van der Waals surface area contributed by atoms with Crippen molar-refractivity contribution in [2.75, 3.05) is 0 Å². The van der Waals surface area contributed by atoms with Gasteiger partial charge in [-0.3, -0.25) is 4.79 Å². The number of hydrogen-bond acceptors (Lipinski definition) is 5. The fourth-order valence-electron chi connectivity index (χ4n) is 3.92. The van der Waals surface area contributed by atoms with Crippen molar-refractivity contribution in [2.45, 2.75) is 83.0 Å². The minimum absolute atomic E-state index is 0.0533. The molecule has 2 aliphatic rings. The van der Waals surface area contributed by atoms with Crippen LogP contribution in [0.2, 0.25) is 0 Å². The second-order valence-corrected chi connectivity index (χ2v) is 7.55. The molecule has 2 rings (SSSR count). The van der Waals surface area contributed by atoms with Gasteiger partial charge in [0.05, 0.1) is 6.10 Å². The molecule has 1 amide bonds. The number of rotatable bonds is 12. The van der Waals surface area contributed by atoms with Crippen LogP contribution >= 0.6 is 0 Å². The third-order valence-corrected chi connectivity index (χ3v) is 5.39. The second kappa shape index (κ2) is 11.1. The summed E-state index contributed by atoms with van der Waals surface area (Å²) in [4.78, 5) is 22.4. The van der Waals surface area contributed by atoms with Crippen LogP contribution < -0.4 is 5.73 Å². The van der Waals surface area contributed by atoms with Gasteiger partial charge < -0.3 is 20.3 Å². The van der Waals surface area contributed by atoms with Gasteiger partial charge in [-0.2, -0.15) is 0 Å². The van der Waals surface area contributed by atoms with E-state index < -0.39 is 12.3 Å². The van der Waals surface area contributed by atoms with Crippen LogP contribution in [0.5, 0.6) is 0 Å². The fraction of sp³-hybridized carbons (Fsp3) is 0.714. The lowest BCUT2D eigenvalue weighted by Gasteiger charge is -2.20. The maximum absolute atomic E-state index is 11.6. The number of carbonyl (C=O) groups is 2. The lowest BCUT2D eigenvalue weighted by atomic mass is 9.89. The summed E-state index contributed by atoms with van der Waals surface area (Å²) < 4.78 is 10.7. The van der Waals surface area contributed by atoms with E-state index in [0.29, 0.717) is 12.8 Å². The number of unbranched alkanes of at least 4 members (excludes halogenated alkanes) is 3. The van der Waals surface area contributed by atoms with Crippen LogP contribution in [-0.4, -0.2) is 35.5 Å². The molecular formula is C21H33NO5. The number of aliphatic hydroxyl groups is 1. The Hall–Kier alpha value is -1.82. The highest BCUT2D eigenvalue weighted by Crippen LogP contribution is 2.43. The molecule has 0 aromatic carbocycles. The lowest BCUT2D eigenvalue weighted by molar-refractivity contribution is -0.118. The van der Waals surface area contributed by atoms with Gasteiger partial charge in [-0.25, -0.2) is 4.79 Å². The summed E-state index contributed by atoms with van der Waals surface area (Å²) in [5, 5.41) is 10.2. The molecule has 0 spiro atoms. The Bertz CT molecular complexity index is 545. The SMILES string of the molecule is CCCCC[C@H](O)/C=C/[C@@H]1[C@@H](C/C=C\CCCC(N)=O)[C@H]2C[C@@H]1OC(=O)O2. The largest absolute Gasteiger partial charge is 0.508 e. The Balaban J connectivity index is 1.90. The molecule has 0 radical (unpaired) electrons. The first-order valence-electron chi connectivity index (χ1n) is 10.2. The molecule has 3 N–H and O–H groups in total. The van der Waals surface area contributed by atoms with Crippen molar-refractivity contribution in [3.05, 3.63) is 24.3 Å². The maximum atomic E-state index is 11.6. The standard InChI is InChI=1S/C21H33NO5/c1-2-3-6-9-15(23)12-13-17-16(10-7-4-5-8-11-20(22)24)18-14-19(17)27-21(25)26-18/h4,7,12-13,15-19,23H,2-3,5-6,8-11,14H2,1H3,(H2,22,24)/b7-4-,13-12+/t15-,16+,17+,18+,19-/m0/s1. The minimum atomic E-state index is -0.592. The third kappa shape index (κ3) is 7.01. The average molecular weight is 379 g/mol. The van der Waals surface area contributed by atoms with Crippen molar-refractivity contribution in [1.29, 1.82) is 0 Å². The van der Waals surface area contributed by atoms with Crippen molar-refractivity contribution in [3.8, 4) is 0 Å². The van der Waals surface area contributed by atoms with Crippen LogP contribution in [0, 0.1) is 11.8 Å². The van der Waals surface area contributed by atoms with Gasteiger partial charge in [0.2, 0.25) is 5.91 Å². The molecule has 6 heteroatoms. The molecule has 6 nitrogen and oxygen atoms in total. The third-order valence-electron chi connectivity index (χ3n) is 5.39. The number of aliphatic hydroxyl groups excluding tert-OH is 1. The number of amides is 1. The summed E-state index contributed by atoms with van der Waals surface area (Å²) in [5.41, 5.74) is 5.14. The molecule has 2 fully saturated rings. The van der Waals surface area contributed by atoms with Crippen molar-refractivity contribution in [2.24, 2.45) is 17.6 Å². The molecule has 152 valence electrons. The van der Waals surface area contributed by atoms with E-state index in [0.717, 1.165) is 44.9 Å². The fourth-order valence-corrected chi connectivity index (χ4v) is 3.92. The van der Waals surface area contributed by atoms with Crippen molar-refractivity contribution >= 4 is 12.1 Å². The normalized spacial score (nSPS) is 28.4. The highest BCUT2D eigenvalue weighted by atomic mass is 16.7. The first-order valence-corrected chi connectivity index (χ1v) is 10.2. The van der Waals surface area contributed by atoms with E-state index in [9.17, 15) is 14.7 Å². The Morgan fingerprint density at radius 2 is 2.04 bits per heavy atom. The molecule has 1 aliphatic heterocycles. The molecule has 0 aromatic rings. The number of nitrogens with two attached hydrogens (primary N) is 1. The quantitative estimate of drug-likeness (QED) is 0.306. The maximum Gasteiger partial charge on any atom is 0.508 e. The van der Waals surface area contributed by atoms with Crippen molar-refractivity contribution in [3.63, 3.8) is 0 Å².